The van der Waals surface area contributed by atoms with Crippen LogP contribution in [0.25, 0.3) is 0 Å². The van der Waals surface area contributed by atoms with Crippen LogP contribution in [0.15, 0.2) is 39.7 Å². The van der Waals surface area contributed by atoms with Crippen molar-refractivity contribution in [1.82, 2.24) is 9.78 Å². The highest BCUT2D eigenvalue weighted by molar-refractivity contribution is 9.10. The maximum atomic E-state index is 12.1. The number of aromatic hydroxyl groups is 1. The Morgan fingerprint density at radius 1 is 1.38 bits per heavy atom. The van der Waals surface area contributed by atoms with Gasteiger partial charge in [0.1, 0.15) is 10.2 Å². The number of nitrogens with one attached hydrogen (secondary N) is 1. The summed E-state index contributed by atoms with van der Waals surface area (Å²) < 4.78 is 1.92. The van der Waals surface area contributed by atoms with Gasteiger partial charge in [-0.25, -0.2) is 4.68 Å². The number of phenolic OH excluding ortho intramolecular Hbond substituents is 1. The first kappa shape index (κ1) is 15.6. The molecule has 5 nitrogen and oxygen atoms in total. The van der Waals surface area contributed by atoms with E-state index in [-0.39, 0.29) is 11.3 Å². The van der Waals surface area contributed by atoms with E-state index in [4.69, 9.17) is 0 Å². The number of phenols is 1. The third kappa shape index (κ3) is 3.85. The Bertz CT molecular complexity index is 670. The van der Waals surface area contributed by atoms with Gasteiger partial charge in [0.15, 0.2) is 0 Å². The first-order valence-corrected chi connectivity index (χ1v) is 7.69. The fourth-order valence-corrected chi connectivity index (χ4v) is 2.35. The molecule has 1 aromatic carbocycles. The van der Waals surface area contributed by atoms with Crippen molar-refractivity contribution in [2.45, 2.75) is 32.9 Å². The van der Waals surface area contributed by atoms with E-state index in [1.54, 1.807) is 18.3 Å². The second kappa shape index (κ2) is 7.26. The minimum absolute atomic E-state index is 0.147. The summed E-state index contributed by atoms with van der Waals surface area (Å²) in [6.07, 6.45) is 3.56. The van der Waals surface area contributed by atoms with E-state index in [1.807, 2.05) is 12.1 Å². The highest BCUT2D eigenvalue weighted by Gasteiger charge is 2.09. The lowest BCUT2D eigenvalue weighted by Crippen LogP contribution is -2.24. The summed E-state index contributed by atoms with van der Waals surface area (Å²) in [6.45, 7) is 3.11. The summed E-state index contributed by atoms with van der Waals surface area (Å²) in [5.74, 6) is 0.227. The first-order chi connectivity index (χ1) is 10.1. The molecule has 0 aliphatic heterocycles. The Labute approximate surface area is 131 Å². The van der Waals surface area contributed by atoms with Crippen LogP contribution in [0.5, 0.6) is 5.75 Å². The van der Waals surface area contributed by atoms with Gasteiger partial charge in [0.2, 0.25) is 0 Å². The van der Waals surface area contributed by atoms with Crippen LogP contribution < -0.4 is 10.9 Å². The van der Waals surface area contributed by atoms with Crippen molar-refractivity contribution >= 4 is 21.6 Å². The molecule has 0 radical (unpaired) electrons. The maximum Gasteiger partial charge on any atom is 0.283 e. The van der Waals surface area contributed by atoms with E-state index >= 15 is 0 Å². The van der Waals surface area contributed by atoms with Crippen molar-refractivity contribution in [3.05, 3.63) is 50.9 Å². The molecule has 0 unspecified atom stereocenters. The average molecular weight is 352 g/mol. The van der Waals surface area contributed by atoms with Gasteiger partial charge >= 0.3 is 0 Å². The second-order valence-electron chi connectivity index (χ2n) is 4.74. The molecule has 0 saturated carbocycles. The van der Waals surface area contributed by atoms with Crippen LogP contribution in [-0.4, -0.2) is 14.9 Å². The summed E-state index contributed by atoms with van der Waals surface area (Å²) in [7, 11) is 0. The zero-order chi connectivity index (χ0) is 15.2. The zero-order valence-electron chi connectivity index (χ0n) is 11.8. The van der Waals surface area contributed by atoms with Gasteiger partial charge in [-0.1, -0.05) is 31.5 Å². The topological polar surface area (TPSA) is 67.2 Å². The molecule has 2 N–H and O–H groups in total. The fourth-order valence-electron chi connectivity index (χ4n) is 1.91. The Hall–Kier alpha value is -1.82. The van der Waals surface area contributed by atoms with Crippen molar-refractivity contribution in [3.8, 4) is 5.75 Å². The maximum absolute atomic E-state index is 12.1. The molecule has 0 aliphatic rings. The summed E-state index contributed by atoms with van der Waals surface area (Å²) in [5, 5.41) is 17.0. The van der Waals surface area contributed by atoms with Gasteiger partial charge in [-0.2, -0.15) is 5.10 Å². The molecular weight excluding hydrogens is 334 g/mol. The van der Waals surface area contributed by atoms with E-state index in [9.17, 15) is 9.90 Å². The SMILES string of the molecule is CCCCn1ncc(NCc2ccccc2O)c(Br)c1=O. The number of aryl methyl sites for hydroxylation is 1. The number of para-hydroxylation sites is 1. The molecule has 2 aromatic rings. The average Bonchev–Trinajstić information content (AvgIpc) is 2.49. The summed E-state index contributed by atoms with van der Waals surface area (Å²) in [5.41, 5.74) is 1.24. The molecule has 21 heavy (non-hydrogen) atoms. The smallest absolute Gasteiger partial charge is 0.283 e. The van der Waals surface area contributed by atoms with Gasteiger partial charge in [0.05, 0.1) is 11.9 Å². The summed E-state index contributed by atoms with van der Waals surface area (Å²) in [6, 6.07) is 7.08. The van der Waals surface area contributed by atoms with Gasteiger partial charge in [-0.05, 0) is 28.4 Å². The minimum Gasteiger partial charge on any atom is -0.508 e. The molecule has 0 atom stereocenters. The van der Waals surface area contributed by atoms with Crippen molar-refractivity contribution in [2.24, 2.45) is 0 Å². The van der Waals surface area contributed by atoms with E-state index in [0.717, 1.165) is 18.4 Å². The van der Waals surface area contributed by atoms with Gasteiger partial charge in [0, 0.05) is 18.7 Å². The Morgan fingerprint density at radius 3 is 2.86 bits per heavy atom. The molecule has 0 fully saturated rings. The standard InChI is InChI=1S/C15H18BrN3O2/c1-2-3-8-19-15(21)14(16)12(10-18-19)17-9-11-6-4-5-7-13(11)20/h4-7,10,17,20H,2-3,8-9H2,1H3. The van der Waals surface area contributed by atoms with Crippen LogP contribution in [0.3, 0.4) is 0 Å². The number of halogens is 1. The molecule has 1 aromatic heterocycles. The monoisotopic (exact) mass is 351 g/mol. The van der Waals surface area contributed by atoms with Crippen LogP contribution in [-0.2, 0) is 13.1 Å². The summed E-state index contributed by atoms with van der Waals surface area (Å²) >= 11 is 3.32. The molecule has 2 rings (SSSR count). The predicted octanol–water partition coefficient (Wildman–Crippen LogP) is 3.12. The van der Waals surface area contributed by atoms with Crippen molar-refractivity contribution in [2.75, 3.05) is 5.32 Å². The Kier molecular flexibility index (Phi) is 5.38. The lowest BCUT2D eigenvalue weighted by molar-refractivity contribution is 0.469. The van der Waals surface area contributed by atoms with Crippen LogP contribution in [0.1, 0.15) is 25.3 Å². The highest BCUT2D eigenvalue weighted by atomic mass is 79.9. The Balaban J connectivity index is 2.13. The Morgan fingerprint density at radius 2 is 2.14 bits per heavy atom. The molecule has 0 spiro atoms. The van der Waals surface area contributed by atoms with E-state index in [0.29, 0.717) is 23.2 Å². The van der Waals surface area contributed by atoms with E-state index in [2.05, 4.69) is 33.3 Å². The third-order valence-electron chi connectivity index (χ3n) is 3.17. The lowest BCUT2D eigenvalue weighted by atomic mass is 10.2. The number of benzene rings is 1. The van der Waals surface area contributed by atoms with Crippen LogP contribution >= 0.6 is 15.9 Å². The van der Waals surface area contributed by atoms with E-state index in [1.165, 1.54) is 4.68 Å². The van der Waals surface area contributed by atoms with Crippen molar-refractivity contribution < 1.29 is 5.11 Å². The van der Waals surface area contributed by atoms with Gasteiger partial charge in [-0.3, -0.25) is 4.79 Å². The van der Waals surface area contributed by atoms with E-state index < -0.39 is 0 Å². The van der Waals surface area contributed by atoms with Gasteiger partial charge in [0.25, 0.3) is 5.56 Å². The van der Waals surface area contributed by atoms with Crippen LogP contribution in [0.2, 0.25) is 0 Å². The normalized spacial score (nSPS) is 10.6. The molecule has 0 saturated heterocycles. The number of hydrogen-bond acceptors (Lipinski definition) is 4. The number of rotatable bonds is 6. The molecule has 6 heteroatoms. The molecule has 0 amide bonds. The quantitative estimate of drug-likeness (QED) is 0.838. The summed E-state index contributed by atoms with van der Waals surface area (Å²) in [4.78, 5) is 12.1. The third-order valence-corrected chi connectivity index (χ3v) is 3.94. The van der Waals surface area contributed by atoms with Crippen LogP contribution in [0, 0.1) is 0 Å². The van der Waals surface area contributed by atoms with Crippen molar-refractivity contribution in [1.29, 1.82) is 0 Å². The van der Waals surface area contributed by atoms with Crippen molar-refractivity contribution in [3.63, 3.8) is 0 Å². The largest absolute Gasteiger partial charge is 0.508 e. The zero-order valence-corrected chi connectivity index (χ0v) is 13.4. The molecule has 1 heterocycles. The lowest BCUT2D eigenvalue weighted by Gasteiger charge is -2.11. The molecule has 112 valence electrons. The first-order valence-electron chi connectivity index (χ1n) is 6.89. The fraction of sp³-hybridized carbons (Fsp3) is 0.333. The van der Waals surface area contributed by atoms with Gasteiger partial charge in [-0.15, -0.1) is 0 Å². The number of unbranched alkanes of at least 4 members (excludes halogenated alkanes) is 1. The van der Waals surface area contributed by atoms with Crippen LogP contribution in [0.4, 0.5) is 5.69 Å². The molecule has 0 bridgehead atoms. The highest BCUT2D eigenvalue weighted by Crippen LogP contribution is 2.20. The minimum atomic E-state index is -0.147. The van der Waals surface area contributed by atoms with Gasteiger partial charge < -0.3 is 10.4 Å². The number of anilines is 1. The predicted molar refractivity (Wildman–Crippen MR) is 86.5 cm³/mol. The number of aromatic nitrogens is 2. The number of hydrogen-bond donors (Lipinski definition) is 2. The second-order valence-corrected chi connectivity index (χ2v) is 5.53. The molecule has 0 aliphatic carbocycles. The number of nitrogens with zero attached hydrogens (tertiary/aromatic N) is 2. The molecular formula is C15H18BrN3O2.